The van der Waals surface area contributed by atoms with E-state index in [4.69, 9.17) is 21.6 Å². The van der Waals surface area contributed by atoms with Crippen molar-refractivity contribution < 1.29 is 0 Å². The largest absolute Gasteiger partial charge is 0.309 e. The van der Waals surface area contributed by atoms with Crippen LogP contribution in [0.15, 0.2) is 176 Å². The Kier molecular flexibility index (Phi) is 6.89. The van der Waals surface area contributed by atoms with Crippen molar-refractivity contribution in [1.82, 2.24) is 19.1 Å². The number of fused-ring (bicyclic) bond motifs is 17. The maximum Gasteiger partial charge on any atom is 0.225 e. The van der Waals surface area contributed by atoms with Crippen LogP contribution in [0.3, 0.4) is 0 Å². The third-order valence-electron chi connectivity index (χ3n) is 12.7. The number of hydrogen-bond acceptors (Lipinski definition) is 4. The number of aromatic nitrogens is 4. The van der Waals surface area contributed by atoms with Gasteiger partial charge in [-0.1, -0.05) is 133 Å². The second kappa shape index (κ2) is 12.5. The van der Waals surface area contributed by atoms with Crippen LogP contribution in [0.2, 0.25) is 5.28 Å². The molecule has 0 spiro atoms. The van der Waals surface area contributed by atoms with E-state index in [1.165, 1.54) is 91.1 Å². The van der Waals surface area contributed by atoms with Crippen molar-refractivity contribution in [3.8, 4) is 22.6 Å². The van der Waals surface area contributed by atoms with Crippen LogP contribution in [-0.4, -0.2) is 19.1 Å². The molecule has 0 fully saturated rings. The minimum absolute atomic E-state index is 0.245. The summed E-state index contributed by atoms with van der Waals surface area (Å²) in [4.78, 5) is 10.7. The quantitative estimate of drug-likeness (QED) is 0.166. The Hall–Kier alpha value is -7.09. The van der Waals surface area contributed by atoms with Crippen LogP contribution in [0.1, 0.15) is 0 Å². The van der Waals surface area contributed by atoms with E-state index >= 15 is 0 Å². The highest BCUT2D eigenvalue weighted by Crippen LogP contribution is 2.50. The molecule has 4 nitrogen and oxygen atoms in total. The normalized spacial score (nSPS) is 12.3. The van der Waals surface area contributed by atoms with Crippen LogP contribution in [-0.2, 0) is 0 Å². The molecule has 0 bridgehead atoms. The number of nitrogens with zero attached hydrogens (tertiary/aromatic N) is 4. The Bertz CT molecular complexity index is 4200. The molecule has 14 rings (SSSR count). The van der Waals surface area contributed by atoms with Crippen LogP contribution in [0.4, 0.5) is 0 Å². The second-order valence-corrected chi connectivity index (χ2v) is 18.2. The summed E-state index contributed by atoms with van der Waals surface area (Å²) in [6, 6.07) is 64.3. The van der Waals surface area contributed by atoms with Gasteiger partial charge in [0.05, 0.1) is 37.8 Å². The van der Waals surface area contributed by atoms with Crippen LogP contribution in [0.5, 0.6) is 0 Å². The lowest BCUT2D eigenvalue weighted by atomic mass is 9.94. The van der Waals surface area contributed by atoms with Gasteiger partial charge in [0.1, 0.15) is 4.83 Å². The van der Waals surface area contributed by atoms with Crippen LogP contribution in [0.25, 0.3) is 128 Å². The zero-order chi connectivity index (χ0) is 39.9. The van der Waals surface area contributed by atoms with E-state index in [-0.39, 0.29) is 5.28 Å². The zero-order valence-corrected chi connectivity index (χ0v) is 34.6. The van der Waals surface area contributed by atoms with Gasteiger partial charge in [0.2, 0.25) is 5.28 Å². The lowest BCUT2D eigenvalue weighted by Gasteiger charge is -2.13. The summed E-state index contributed by atoms with van der Waals surface area (Å²) >= 11 is 10.3. The standard InChI is InChI=1S/C54H29ClN4S2/c55-54-56-52(49-39-18-6-10-23-46(39)61-53(49)57-54)59-43-20-8-4-16-37(43)47-36-27-25-31(28-40(36)48-38-17-5-9-22-45(38)60-51(48)50(47)59)32-24-26-35-34-15-3-7-19-42(34)58(44(35)29-32)41-21-11-13-30-12-1-2-14-33(30)41/h1-29H. The molecule has 284 valence electrons. The predicted octanol–water partition coefficient (Wildman–Crippen LogP) is 16.0. The number of hydrogen-bond donors (Lipinski definition) is 0. The van der Waals surface area contributed by atoms with Gasteiger partial charge in [0.15, 0.2) is 5.82 Å². The van der Waals surface area contributed by atoms with Gasteiger partial charge in [-0.25, -0.2) is 4.98 Å². The molecule has 0 saturated heterocycles. The van der Waals surface area contributed by atoms with Gasteiger partial charge in [0, 0.05) is 52.5 Å². The molecule has 0 saturated carbocycles. The molecule has 0 radical (unpaired) electrons. The predicted molar refractivity (Wildman–Crippen MR) is 262 cm³/mol. The fourth-order valence-electron chi connectivity index (χ4n) is 10.1. The van der Waals surface area contributed by atoms with E-state index in [1.54, 1.807) is 11.3 Å². The monoisotopic (exact) mass is 832 g/mol. The highest BCUT2D eigenvalue weighted by Gasteiger charge is 2.25. The average Bonchev–Trinajstić information content (AvgIpc) is 4.06. The molecule has 0 atom stereocenters. The van der Waals surface area contributed by atoms with E-state index < -0.39 is 0 Å². The van der Waals surface area contributed by atoms with Crippen molar-refractivity contribution in [2.45, 2.75) is 0 Å². The van der Waals surface area contributed by atoms with Gasteiger partial charge in [0.25, 0.3) is 0 Å². The number of thiophene rings is 2. The van der Waals surface area contributed by atoms with Gasteiger partial charge in [-0.3, -0.25) is 4.57 Å². The molecule has 0 unspecified atom stereocenters. The molecule has 7 heteroatoms. The van der Waals surface area contributed by atoms with Gasteiger partial charge >= 0.3 is 0 Å². The molecule has 0 aliphatic carbocycles. The minimum atomic E-state index is 0.245. The number of rotatable bonds is 3. The zero-order valence-electron chi connectivity index (χ0n) is 32.2. The van der Waals surface area contributed by atoms with Crippen molar-refractivity contribution in [2.75, 3.05) is 0 Å². The molecule has 5 heterocycles. The summed E-state index contributed by atoms with van der Waals surface area (Å²) in [6.45, 7) is 0. The third kappa shape index (κ3) is 4.64. The van der Waals surface area contributed by atoms with Crippen molar-refractivity contribution in [3.63, 3.8) is 0 Å². The summed E-state index contributed by atoms with van der Waals surface area (Å²) in [5.41, 5.74) is 8.16. The highest BCUT2D eigenvalue weighted by atomic mass is 35.5. The first-order chi connectivity index (χ1) is 30.2. The van der Waals surface area contributed by atoms with E-state index in [0.29, 0.717) is 0 Å². The van der Waals surface area contributed by atoms with Crippen molar-refractivity contribution in [2.24, 2.45) is 0 Å². The van der Waals surface area contributed by atoms with Crippen molar-refractivity contribution in [1.29, 1.82) is 0 Å². The molecular formula is C54H29ClN4S2. The van der Waals surface area contributed by atoms with Gasteiger partial charge < -0.3 is 4.57 Å². The Morgan fingerprint density at radius 2 is 1.02 bits per heavy atom. The van der Waals surface area contributed by atoms with Gasteiger partial charge in [-0.05, 0) is 81.4 Å². The second-order valence-electron chi connectivity index (χ2n) is 15.8. The SMILES string of the molecule is Clc1nc(-n2c3ccccc3c3c4ccc(-c5ccc6c7ccccc7n(-c7cccc8ccccc78)c6c5)cc4c4c5ccccc5sc4c32)c2c(n1)sc1ccccc12. The molecule has 0 N–H and O–H groups in total. The Balaban J connectivity index is 1.09. The topological polar surface area (TPSA) is 35.6 Å². The molecule has 0 amide bonds. The average molecular weight is 833 g/mol. The first kappa shape index (κ1) is 33.7. The smallest absolute Gasteiger partial charge is 0.225 e. The summed E-state index contributed by atoms with van der Waals surface area (Å²) in [5, 5.41) is 14.7. The Morgan fingerprint density at radius 1 is 0.410 bits per heavy atom. The Morgan fingerprint density at radius 3 is 1.84 bits per heavy atom. The molecule has 0 aliphatic rings. The number of benzene rings is 9. The third-order valence-corrected chi connectivity index (χ3v) is 15.1. The van der Waals surface area contributed by atoms with E-state index in [0.717, 1.165) is 37.2 Å². The highest BCUT2D eigenvalue weighted by molar-refractivity contribution is 7.27. The molecule has 14 aromatic rings. The van der Waals surface area contributed by atoms with Crippen molar-refractivity contribution in [3.05, 3.63) is 181 Å². The summed E-state index contributed by atoms with van der Waals surface area (Å²) in [7, 11) is 0. The Labute approximate surface area is 360 Å². The summed E-state index contributed by atoms with van der Waals surface area (Å²) in [6.07, 6.45) is 0. The molecule has 5 aromatic heterocycles. The van der Waals surface area contributed by atoms with Crippen molar-refractivity contribution >= 4 is 140 Å². The maximum absolute atomic E-state index is 6.83. The summed E-state index contributed by atoms with van der Waals surface area (Å²) in [5.74, 6) is 0.809. The number of halogens is 1. The van der Waals surface area contributed by atoms with Crippen LogP contribution >= 0.6 is 34.3 Å². The number of para-hydroxylation sites is 2. The fraction of sp³-hybridized carbons (Fsp3) is 0. The maximum atomic E-state index is 6.83. The lowest BCUT2D eigenvalue weighted by molar-refractivity contribution is 1.08. The van der Waals surface area contributed by atoms with E-state index in [1.807, 2.05) is 11.3 Å². The fourth-order valence-corrected chi connectivity index (χ4v) is 12.7. The molecule has 61 heavy (non-hydrogen) atoms. The lowest BCUT2D eigenvalue weighted by Crippen LogP contribution is -2.00. The summed E-state index contributed by atoms with van der Waals surface area (Å²) < 4.78 is 8.46. The van der Waals surface area contributed by atoms with Gasteiger partial charge in [-0.2, -0.15) is 4.98 Å². The molecule has 0 aliphatic heterocycles. The van der Waals surface area contributed by atoms with E-state index in [2.05, 4.69) is 185 Å². The van der Waals surface area contributed by atoms with E-state index in [9.17, 15) is 0 Å². The van der Waals surface area contributed by atoms with Crippen LogP contribution < -0.4 is 0 Å². The minimum Gasteiger partial charge on any atom is -0.309 e. The first-order valence-electron chi connectivity index (χ1n) is 20.3. The van der Waals surface area contributed by atoms with Gasteiger partial charge in [-0.15, -0.1) is 22.7 Å². The molecule has 9 aromatic carbocycles. The first-order valence-corrected chi connectivity index (χ1v) is 22.4. The van der Waals surface area contributed by atoms with Crippen LogP contribution in [0, 0.1) is 0 Å². The molecular weight excluding hydrogens is 804 g/mol.